The lowest BCUT2D eigenvalue weighted by Crippen LogP contribution is -2.35. The van der Waals surface area contributed by atoms with Gasteiger partial charge < -0.3 is 20.3 Å². The van der Waals surface area contributed by atoms with Crippen LogP contribution in [0.15, 0.2) is 30.5 Å². The van der Waals surface area contributed by atoms with Crippen LogP contribution in [-0.4, -0.2) is 40.4 Å². The predicted octanol–water partition coefficient (Wildman–Crippen LogP) is 2.26. The van der Waals surface area contributed by atoms with Crippen molar-refractivity contribution in [1.82, 2.24) is 9.78 Å². The molecule has 134 valence electrons. The van der Waals surface area contributed by atoms with Crippen molar-refractivity contribution >= 4 is 11.7 Å². The maximum atomic E-state index is 12.7. The normalized spacial score (nSPS) is 20.8. The van der Waals surface area contributed by atoms with Gasteiger partial charge in [-0.2, -0.15) is 5.10 Å². The molecule has 3 N–H and O–H groups in total. The molecule has 1 aromatic carbocycles. The lowest BCUT2D eigenvalue weighted by molar-refractivity contribution is -0.196. The van der Waals surface area contributed by atoms with E-state index in [1.54, 1.807) is 18.2 Å². The first-order valence-electron chi connectivity index (χ1n) is 7.62. The zero-order valence-electron chi connectivity index (χ0n) is 13.1. The highest BCUT2D eigenvalue weighted by Gasteiger charge is 2.26. The second-order valence-electron chi connectivity index (χ2n) is 5.71. The van der Waals surface area contributed by atoms with Crippen molar-refractivity contribution < 1.29 is 28.2 Å². The smallest absolute Gasteiger partial charge is 0.335 e. The zero-order chi connectivity index (χ0) is 18.0. The van der Waals surface area contributed by atoms with Crippen molar-refractivity contribution in [1.29, 1.82) is 0 Å². The van der Waals surface area contributed by atoms with E-state index in [0.717, 1.165) is 5.56 Å². The predicted molar refractivity (Wildman–Crippen MR) is 83.4 cm³/mol. The van der Waals surface area contributed by atoms with Gasteiger partial charge in [0.25, 0.3) is 6.43 Å². The van der Waals surface area contributed by atoms with E-state index in [9.17, 15) is 13.6 Å². The largest absolute Gasteiger partial charge is 0.478 e. The number of hydrogen-bond donors (Lipinski definition) is 2. The third kappa shape index (κ3) is 3.94. The topological polar surface area (TPSA) is 99.6 Å². The van der Waals surface area contributed by atoms with Gasteiger partial charge in [-0.05, 0) is 17.7 Å². The molecule has 1 aromatic heterocycles. The molecule has 1 fully saturated rings. The van der Waals surface area contributed by atoms with Crippen molar-refractivity contribution in [3.8, 4) is 0 Å². The number of carboxylic acids is 1. The molecule has 7 nitrogen and oxygen atoms in total. The van der Waals surface area contributed by atoms with Gasteiger partial charge in [-0.3, -0.25) is 4.68 Å². The zero-order valence-corrected chi connectivity index (χ0v) is 13.1. The van der Waals surface area contributed by atoms with Crippen molar-refractivity contribution in [3.05, 3.63) is 47.3 Å². The standard InChI is InChI=1S/C16H17F2N3O4/c17-15(18)14-12(19)6-21(20-14)11-7-24-13(25-8-11)5-9-2-1-3-10(4-9)16(22)23/h1-4,6,11,13,15H,5,7-8,19H2,(H,22,23). The Bertz CT molecular complexity index is 758. The fourth-order valence-electron chi connectivity index (χ4n) is 2.60. The van der Waals surface area contributed by atoms with E-state index in [1.165, 1.54) is 16.9 Å². The average Bonchev–Trinajstić information content (AvgIpc) is 2.98. The molecule has 1 aliphatic rings. The second kappa shape index (κ2) is 7.16. The Hall–Kier alpha value is -2.52. The van der Waals surface area contributed by atoms with E-state index in [1.807, 2.05) is 0 Å². The van der Waals surface area contributed by atoms with Crippen molar-refractivity contribution in [2.24, 2.45) is 0 Å². The molecule has 0 spiro atoms. The number of nitrogen functional groups attached to an aromatic ring is 1. The van der Waals surface area contributed by atoms with Crippen LogP contribution >= 0.6 is 0 Å². The van der Waals surface area contributed by atoms with Gasteiger partial charge in [-0.1, -0.05) is 12.1 Å². The summed E-state index contributed by atoms with van der Waals surface area (Å²) in [4.78, 5) is 11.0. The van der Waals surface area contributed by atoms with Gasteiger partial charge in [0.1, 0.15) is 0 Å². The minimum Gasteiger partial charge on any atom is -0.478 e. The monoisotopic (exact) mass is 353 g/mol. The van der Waals surface area contributed by atoms with Crippen LogP contribution in [0.4, 0.5) is 14.5 Å². The molecule has 9 heteroatoms. The first kappa shape index (κ1) is 17.3. The first-order valence-corrected chi connectivity index (χ1v) is 7.62. The van der Waals surface area contributed by atoms with Crippen LogP contribution in [0.1, 0.15) is 34.1 Å². The Morgan fingerprint density at radius 3 is 2.72 bits per heavy atom. The lowest BCUT2D eigenvalue weighted by Gasteiger charge is -2.29. The Kier molecular flexibility index (Phi) is 4.95. The molecule has 3 rings (SSSR count). The third-order valence-electron chi connectivity index (χ3n) is 3.90. The number of nitrogens with two attached hydrogens (primary N) is 1. The second-order valence-corrected chi connectivity index (χ2v) is 5.71. The highest BCUT2D eigenvalue weighted by atomic mass is 19.3. The molecule has 1 saturated heterocycles. The molecule has 0 aliphatic carbocycles. The van der Waals surface area contributed by atoms with Crippen LogP contribution in [0.5, 0.6) is 0 Å². The summed E-state index contributed by atoms with van der Waals surface area (Å²) in [5.74, 6) is -1.00. The summed E-state index contributed by atoms with van der Waals surface area (Å²) in [5, 5.41) is 12.8. The minimum atomic E-state index is -2.74. The molecule has 0 radical (unpaired) electrons. The van der Waals surface area contributed by atoms with Gasteiger partial charge >= 0.3 is 5.97 Å². The Balaban J connectivity index is 1.59. The quantitative estimate of drug-likeness (QED) is 0.855. The molecule has 0 amide bonds. The number of rotatable bonds is 5. The van der Waals surface area contributed by atoms with Crippen molar-refractivity contribution in [2.75, 3.05) is 18.9 Å². The summed E-state index contributed by atoms with van der Waals surface area (Å²) in [6, 6.07) is 6.16. The summed E-state index contributed by atoms with van der Waals surface area (Å²) in [6.45, 7) is 0.459. The van der Waals surface area contributed by atoms with Crippen LogP contribution in [-0.2, 0) is 15.9 Å². The molecular weight excluding hydrogens is 336 g/mol. The Labute approximate surface area is 141 Å². The molecule has 1 aliphatic heterocycles. The number of halogens is 2. The van der Waals surface area contributed by atoms with Gasteiger partial charge in [0, 0.05) is 12.6 Å². The molecule has 0 unspecified atom stereocenters. The van der Waals surface area contributed by atoms with Crippen LogP contribution < -0.4 is 5.73 Å². The molecule has 2 aromatic rings. The van der Waals surface area contributed by atoms with E-state index in [2.05, 4.69) is 5.10 Å². The van der Waals surface area contributed by atoms with Gasteiger partial charge in [-0.25, -0.2) is 13.6 Å². The average molecular weight is 353 g/mol. The molecule has 0 bridgehead atoms. The van der Waals surface area contributed by atoms with E-state index < -0.39 is 24.4 Å². The van der Waals surface area contributed by atoms with Gasteiger partial charge in [0.15, 0.2) is 12.0 Å². The number of aromatic carboxylic acids is 1. The van der Waals surface area contributed by atoms with E-state index in [-0.39, 0.29) is 30.5 Å². The number of ether oxygens (including phenoxy) is 2. The summed E-state index contributed by atoms with van der Waals surface area (Å²) >= 11 is 0. The fourth-order valence-corrected chi connectivity index (χ4v) is 2.60. The molecular formula is C16H17F2N3O4. The molecule has 25 heavy (non-hydrogen) atoms. The molecule has 2 heterocycles. The minimum absolute atomic E-state index is 0.0670. The Morgan fingerprint density at radius 2 is 2.12 bits per heavy atom. The van der Waals surface area contributed by atoms with Crippen LogP contribution in [0, 0.1) is 0 Å². The van der Waals surface area contributed by atoms with E-state index in [0.29, 0.717) is 6.42 Å². The van der Waals surface area contributed by atoms with Gasteiger partial charge in [0.2, 0.25) is 0 Å². The molecule has 0 atom stereocenters. The van der Waals surface area contributed by atoms with Crippen molar-refractivity contribution in [2.45, 2.75) is 25.2 Å². The summed E-state index contributed by atoms with van der Waals surface area (Å²) in [5.41, 5.74) is 5.97. The number of nitrogens with zero attached hydrogens (tertiary/aromatic N) is 2. The van der Waals surface area contributed by atoms with E-state index in [4.69, 9.17) is 20.3 Å². The summed E-state index contributed by atoms with van der Waals surface area (Å²) in [7, 11) is 0. The van der Waals surface area contributed by atoms with Crippen LogP contribution in [0.25, 0.3) is 0 Å². The summed E-state index contributed by atoms with van der Waals surface area (Å²) < 4.78 is 38.0. The van der Waals surface area contributed by atoms with E-state index >= 15 is 0 Å². The number of carboxylic acid groups (broad SMARTS) is 1. The Morgan fingerprint density at radius 1 is 1.40 bits per heavy atom. The SMILES string of the molecule is Nc1cn(C2COC(Cc3cccc(C(=O)O)c3)OC2)nc1C(F)F. The van der Waals surface area contributed by atoms with Crippen LogP contribution in [0.2, 0.25) is 0 Å². The lowest BCUT2D eigenvalue weighted by atomic mass is 10.1. The van der Waals surface area contributed by atoms with Gasteiger partial charge in [0.05, 0.1) is 30.5 Å². The summed E-state index contributed by atoms with van der Waals surface area (Å²) in [6.07, 6.45) is -1.55. The van der Waals surface area contributed by atoms with Gasteiger partial charge in [-0.15, -0.1) is 0 Å². The maximum Gasteiger partial charge on any atom is 0.335 e. The number of alkyl halides is 2. The first-order chi connectivity index (χ1) is 11.9. The maximum absolute atomic E-state index is 12.7. The van der Waals surface area contributed by atoms with Crippen molar-refractivity contribution in [3.63, 3.8) is 0 Å². The third-order valence-corrected chi connectivity index (χ3v) is 3.90. The number of anilines is 1. The molecule has 0 saturated carbocycles. The van der Waals surface area contributed by atoms with Crippen LogP contribution in [0.3, 0.4) is 0 Å². The number of carbonyl (C=O) groups is 1. The highest BCUT2D eigenvalue weighted by Crippen LogP contribution is 2.26. The number of aromatic nitrogens is 2. The fraction of sp³-hybridized carbons (Fsp3) is 0.375. The highest BCUT2D eigenvalue weighted by molar-refractivity contribution is 5.87. The number of benzene rings is 1. The number of hydrogen-bond acceptors (Lipinski definition) is 5.